The third kappa shape index (κ3) is 2.88. The van der Waals surface area contributed by atoms with Gasteiger partial charge in [0.15, 0.2) is 5.82 Å². The van der Waals surface area contributed by atoms with Crippen LogP contribution >= 0.6 is 0 Å². The van der Waals surface area contributed by atoms with Crippen LogP contribution in [-0.4, -0.2) is 24.5 Å². The van der Waals surface area contributed by atoms with E-state index in [9.17, 15) is 4.79 Å². The molecule has 0 unspecified atom stereocenters. The molecule has 2 heterocycles. The Morgan fingerprint density at radius 1 is 1.14 bits per heavy atom. The van der Waals surface area contributed by atoms with Crippen molar-refractivity contribution >= 4 is 12.3 Å². The second-order valence-corrected chi connectivity index (χ2v) is 5.07. The van der Waals surface area contributed by atoms with Crippen LogP contribution in [0.15, 0.2) is 33.7 Å². The number of aryl methyl sites for hydroxylation is 3. The molecule has 0 aliphatic carbocycles. The molecule has 7 nitrogen and oxygen atoms in total. The van der Waals surface area contributed by atoms with E-state index >= 15 is 0 Å². The molecule has 3 rings (SSSR count). The number of benzene rings is 1. The Bertz CT molecular complexity index is 881. The smallest absolute Gasteiger partial charge is 0.388 e. The topological polar surface area (TPSA) is 78.7 Å². The third-order valence-corrected chi connectivity index (χ3v) is 3.06. The lowest BCUT2D eigenvalue weighted by molar-refractivity contribution is 0.487. The normalized spacial score (nSPS) is 11.4. The second-order valence-electron chi connectivity index (χ2n) is 5.07. The molecule has 0 N–H and O–H groups in total. The van der Waals surface area contributed by atoms with Crippen molar-refractivity contribution in [1.82, 2.24) is 24.5 Å². The number of hydrogen-bond acceptors (Lipinski definition) is 5. The summed E-state index contributed by atoms with van der Waals surface area (Å²) in [6.07, 6.45) is 4.77. The van der Waals surface area contributed by atoms with E-state index in [2.05, 4.69) is 21.2 Å². The summed E-state index contributed by atoms with van der Waals surface area (Å²) >= 11 is 0. The molecule has 0 fully saturated rings. The molecule has 2 aromatic heterocycles. The largest absolute Gasteiger partial charge is 0.437 e. The van der Waals surface area contributed by atoms with Crippen molar-refractivity contribution in [3.63, 3.8) is 0 Å². The standard InChI is InChI=1S/C15H15N5O2/c1-10-6-11(2)8-12(7-10)14-16-9-20(18-14)5-4-13-17-19(3)15(21)22-13/h4-9H,1-3H3/b5-4-. The zero-order valence-corrected chi connectivity index (χ0v) is 12.5. The van der Waals surface area contributed by atoms with Gasteiger partial charge in [-0.05, 0) is 26.0 Å². The Hall–Kier alpha value is -2.96. The summed E-state index contributed by atoms with van der Waals surface area (Å²) in [6.45, 7) is 4.08. The fraction of sp³-hybridized carbons (Fsp3) is 0.200. The van der Waals surface area contributed by atoms with E-state index in [0.29, 0.717) is 5.82 Å². The highest BCUT2D eigenvalue weighted by Gasteiger charge is 2.05. The zero-order chi connectivity index (χ0) is 15.7. The van der Waals surface area contributed by atoms with Gasteiger partial charge in [0.1, 0.15) is 6.33 Å². The Morgan fingerprint density at radius 3 is 2.50 bits per heavy atom. The van der Waals surface area contributed by atoms with Gasteiger partial charge in [-0.3, -0.25) is 0 Å². The molecule has 0 spiro atoms. The first-order chi connectivity index (χ1) is 10.5. The first-order valence-electron chi connectivity index (χ1n) is 6.73. The number of aromatic nitrogens is 5. The van der Waals surface area contributed by atoms with Gasteiger partial charge in [-0.1, -0.05) is 17.2 Å². The Labute approximate surface area is 126 Å². The van der Waals surface area contributed by atoms with Gasteiger partial charge in [-0.15, -0.1) is 10.2 Å². The second kappa shape index (κ2) is 5.44. The molecule has 7 heteroatoms. The first-order valence-corrected chi connectivity index (χ1v) is 6.73. The molecule has 0 radical (unpaired) electrons. The van der Waals surface area contributed by atoms with E-state index in [1.807, 2.05) is 26.0 Å². The highest BCUT2D eigenvalue weighted by molar-refractivity contribution is 5.58. The van der Waals surface area contributed by atoms with Gasteiger partial charge >= 0.3 is 5.76 Å². The minimum Gasteiger partial charge on any atom is -0.388 e. The predicted octanol–water partition coefficient (Wildman–Crippen LogP) is 1.88. The van der Waals surface area contributed by atoms with Gasteiger partial charge in [-0.25, -0.2) is 14.5 Å². The summed E-state index contributed by atoms with van der Waals surface area (Å²) in [4.78, 5) is 15.5. The van der Waals surface area contributed by atoms with Crippen molar-refractivity contribution in [1.29, 1.82) is 0 Å². The first kappa shape index (κ1) is 14.0. The molecule has 0 saturated heterocycles. The van der Waals surface area contributed by atoms with Gasteiger partial charge in [0.25, 0.3) is 0 Å². The van der Waals surface area contributed by atoms with E-state index in [-0.39, 0.29) is 5.89 Å². The van der Waals surface area contributed by atoms with Gasteiger partial charge in [-0.2, -0.15) is 4.68 Å². The van der Waals surface area contributed by atoms with Crippen molar-refractivity contribution in [3.8, 4) is 11.4 Å². The molecule has 0 saturated carbocycles. The third-order valence-electron chi connectivity index (χ3n) is 3.06. The molecule has 0 amide bonds. The van der Waals surface area contributed by atoms with Gasteiger partial charge in [0.05, 0.1) is 0 Å². The SMILES string of the molecule is Cc1cc(C)cc(-c2ncn(/C=C\c3nn(C)c(=O)o3)n2)c1. The highest BCUT2D eigenvalue weighted by Crippen LogP contribution is 2.18. The van der Waals surface area contributed by atoms with Crippen LogP contribution < -0.4 is 5.76 Å². The number of nitrogens with zero attached hydrogens (tertiary/aromatic N) is 5. The molecule has 0 aliphatic heterocycles. The van der Waals surface area contributed by atoms with Crippen LogP contribution in [-0.2, 0) is 7.05 Å². The Kier molecular flexibility index (Phi) is 3.46. The lowest BCUT2D eigenvalue weighted by Gasteiger charge is -2.00. The van der Waals surface area contributed by atoms with Crippen molar-refractivity contribution in [2.24, 2.45) is 7.05 Å². The van der Waals surface area contributed by atoms with Crippen LogP contribution in [0.3, 0.4) is 0 Å². The Balaban J connectivity index is 1.85. The molecule has 0 bridgehead atoms. The lowest BCUT2D eigenvalue weighted by Crippen LogP contribution is -2.09. The molecule has 22 heavy (non-hydrogen) atoms. The average molecular weight is 297 g/mol. The van der Waals surface area contributed by atoms with E-state index in [0.717, 1.165) is 21.4 Å². The summed E-state index contributed by atoms with van der Waals surface area (Å²) in [6, 6.07) is 6.17. The van der Waals surface area contributed by atoms with Gasteiger partial charge in [0.2, 0.25) is 5.89 Å². The minimum absolute atomic E-state index is 0.218. The summed E-state index contributed by atoms with van der Waals surface area (Å²) in [5.41, 5.74) is 3.29. The molecular weight excluding hydrogens is 282 g/mol. The van der Waals surface area contributed by atoms with Crippen LogP contribution in [0.4, 0.5) is 0 Å². The minimum atomic E-state index is -0.505. The van der Waals surface area contributed by atoms with Crippen LogP contribution in [0.25, 0.3) is 23.7 Å². The van der Waals surface area contributed by atoms with E-state index in [4.69, 9.17) is 4.42 Å². The van der Waals surface area contributed by atoms with Gasteiger partial charge < -0.3 is 4.42 Å². The fourth-order valence-corrected chi connectivity index (χ4v) is 2.15. The summed E-state index contributed by atoms with van der Waals surface area (Å²) in [7, 11) is 1.52. The number of hydrogen-bond donors (Lipinski definition) is 0. The van der Waals surface area contributed by atoms with Crippen molar-refractivity contribution in [2.75, 3.05) is 0 Å². The fourth-order valence-electron chi connectivity index (χ4n) is 2.15. The molecule has 1 aromatic carbocycles. The maximum Gasteiger partial charge on any atom is 0.437 e. The molecular formula is C15H15N5O2. The summed E-state index contributed by atoms with van der Waals surface area (Å²) in [5, 5.41) is 8.27. The summed E-state index contributed by atoms with van der Waals surface area (Å²) in [5.74, 6) is 0.351. The maximum absolute atomic E-state index is 11.2. The van der Waals surface area contributed by atoms with E-state index in [1.165, 1.54) is 7.05 Å². The van der Waals surface area contributed by atoms with Crippen LogP contribution in [0.2, 0.25) is 0 Å². The quantitative estimate of drug-likeness (QED) is 0.737. The Morgan fingerprint density at radius 2 is 1.86 bits per heavy atom. The van der Waals surface area contributed by atoms with Crippen molar-refractivity contribution in [2.45, 2.75) is 13.8 Å². The summed E-state index contributed by atoms with van der Waals surface area (Å²) < 4.78 is 7.58. The van der Waals surface area contributed by atoms with E-state index in [1.54, 1.807) is 23.3 Å². The van der Waals surface area contributed by atoms with Crippen molar-refractivity contribution < 1.29 is 4.42 Å². The average Bonchev–Trinajstić information content (AvgIpc) is 3.03. The monoisotopic (exact) mass is 297 g/mol. The molecule has 3 aromatic rings. The maximum atomic E-state index is 11.2. The van der Waals surface area contributed by atoms with Crippen LogP contribution in [0.1, 0.15) is 17.0 Å². The predicted molar refractivity (Wildman–Crippen MR) is 81.9 cm³/mol. The lowest BCUT2D eigenvalue weighted by atomic mass is 10.1. The van der Waals surface area contributed by atoms with E-state index < -0.39 is 5.76 Å². The van der Waals surface area contributed by atoms with Crippen molar-refractivity contribution in [3.05, 3.63) is 52.1 Å². The van der Waals surface area contributed by atoms with Crippen LogP contribution in [0, 0.1) is 13.8 Å². The molecule has 0 aliphatic rings. The molecule has 112 valence electrons. The number of rotatable bonds is 3. The highest BCUT2D eigenvalue weighted by atomic mass is 16.4. The van der Waals surface area contributed by atoms with Crippen LogP contribution in [0.5, 0.6) is 0 Å². The zero-order valence-electron chi connectivity index (χ0n) is 12.5. The van der Waals surface area contributed by atoms with Gasteiger partial charge in [0, 0.05) is 24.9 Å². The molecule has 0 atom stereocenters.